The van der Waals surface area contributed by atoms with E-state index in [4.69, 9.17) is 9.79 Å². The second kappa shape index (κ2) is 5.94. The van der Waals surface area contributed by atoms with Crippen molar-refractivity contribution in [1.29, 1.82) is 0 Å². The Bertz CT molecular complexity index is 841. The Morgan fingerprint density at radius 1 is 1.09 bits per heavy atom. The molecule has 3 aromatic rings. The average Bonchev–Trinajstić information content (AvgIpc) is 2.87. The molecule has 0 amide bonds. The van der Waals surface area contributed by atoms with Crippen LogP contribution < -0.4 is 0 Å². The molecule has 2 N–H and O–H groups in total. The average molecular weight is 336 g/mol. The number of hydrogen-bond acceptors (Lipinski definition) is 2. The zero-order chi connectivity index (χ0) is 15.7. The highest BCUT2D eigenvalue weighted by Gasteiger charge is 2.30. The molecule has 6 heteroatoms. The van der Waals surface area contributed by atoms with Gasteiger partial charge in [0.1, 0.15) is 0 Å². The first-order valence-electron chi connectivity index (χ1n) is 6.69. The Kier molecular flexibility index (Phi) is 4.15. The van der Waals surface area contributed by atoms with Gasteiger partial charge in [-0.25, -0.2) is 4.39 Å². The molecule has 0 saturated carbocycles. The lowest BCUT2D eigenvalue weighted by molar-refractivity contribution is 0.303. The van der Waals surface area contributed by atoms with Crippen LogP contribution in [-0.4, -0.2) is 9.79 Å². The van der Waals surface area contributed by atoms with Gasteiger partial charge in [0.25, 0.3) is 0 Å². The van der Waals surface area contributed by atoms with E-state index in [2.05, 4.69) is 0 Å². The maximum Gasteiger partial charge on any atom is 0.363 e. The quantitative estimate of drug-likeness (QED) is 0.683. The fraction of sp³-hybridized carbons (Fsp3) is 0.125. The van der Waals surface area contributed by atoms with Crippen LogP contribution in [0.4, 0.5) is 4.39 Å². The standard InChI is InChI=1S/C16H14FO3PS/c17-16(21(18,19)20)12-6-7-15-13(9-12)10-14(22-15)8-11-4-2-1-3-5-11/h1-7,9-10,16H,8H2,(H2,18,19,20)/t16-/m1/s1. The van der Waals surface area contributed by atoms with Gasteiger partial charge in [0.15, 0.2) is 0 Å². The highest BCUT2D eigenvalue weighted by atomic mass is 32.1. The number of alkyl halides is 1. The molecule has 3 nitrogen and oxygen atoms in total. The van der Waals surface area contributed by atoms with Gasteiger partial charge in [-0.3, -0.25) is 4.57 Å². The smallest absolute Gasteiger partial charge is 0.322 e. The van der Waals surface area contributed by atoms with Gasteiger partial charge < -0.3 is 9.79 Å². The third-order valence-electron chi connectivity index (χ3n) is 3.38. The molecule has 1 heterocycles. The van der Waals surface area contributed by atoms with E-state index in [1.165, 1.54) is 17.7 Å². The Morgan fingerprint density at radius 2 is 1.82 bits per heavy atom. The normalized spacial score (nSPS) is 13.4. The molecule has 0 aliphatic rings. The number of rotatable bonds is 4. The van der Waals surface area contributed by atoms with E-state index in [0.29, 0.717) is 0 Å². The molecule has 0 aliphatic carbocycles. The molecular formula is C16H14FO3PS. The van der Waals surface area contributed by atoms with E-state index < -0.39 is 13.5 Å². The van der Waals surface area contributed by atoms with Gasteiger partial charge in [-0.15, -0.1) is 11.3 Å². The van der Waals surface area contributed by atoms with Crippen LogP contribution in [0.25, 0.3) is 10.1 Å². The first-order chi connectivity index (χ1) is 10.4. The van der Waals surface area contributed by atoms with Gasteiger partial charge >= 0.3 is 7.60 Å². The third kappa shape index (κ3) is 3.28. The molecule has 2 aromatic carbocycles. The molecule has 0 saturated heterocycles. The van der Waals surface area contributed by atoms with E-state index >= 15 is 0 Å². The van der Waals surface area contributed by atoms with Crippen LogP contribution in [0.2, 0.25) is 0 Å². The fourth-order valence-corrected chi connectivity index (χ4v) is 3.97. The molecule has 0 radical (unpaired) electrons. The maximum absolute atomic E-state index is 13.8. The van der Waals surface area contributed by atoms with Crippen molar-refractivity contribution >= 4 is 29.0 Å². The number of benzene rings is 2. The maximum atomic E-state index is 13.8. The van der Waals surface area contributed by atoms with E-state index in [1.807, 2.05) is 36.4 Å². The lowest BCUT2D eigenvalue weighted by Gasteiger charge is -2.09. The Balaban J connectivity index is 1.92. The minimum absolute atomic E-state index is 0.0184. The first kappa shape index (κ1) is 15.4. The van der Waals surface area contributed by atoms with E-state index in [1.54, 1.807) is 17.4 Å². The van der Waals surface area contributed by atoms with Crippen molar-refractivity contribution in [3.8, 4) is 0 Å². The SMILES string of the molecule is O=P(O)(O)[C@@H](F)c1ccc2sc(Cc3ccccc3)cc2c1. The molecular weight excluding hydrogens is 322 g/mol. The molecule has 1 aromatic heterocycles. The van der Waals surface area contributed by atoms with Crippen molar-refractivity contribution in [2.45, 2.75) is 12.3 Å². The predicted octanol–water partition coefficient (Wildman–Crippen LogP) is 4.64. The first-order valence-corrected chi connectivity index (χ1v) is 9.19. The minimum atomic E-state index is -4.77. The Labute approximate surface area is 131 Å². The summed E-state index contributed by atoms with van der Waals surface area (Å²) < 4.78 is 25.8. The summed E-state index contributed by atoms with van der Waals surface area (Å²) in [6.45, 7) is 0. The molecule has 0 fully saturated rings. The summed E-state index contributed by atoms with van der Waals surface area (Å²) in [6, 6.07) is 16.6. The second-order valence-corrected chi connectivity index (χ2v) is 7.90. The van der Waals surface area contributed by atoms with E-state index in [0.717, 1.165) is 21.4 Å². The third-order valence-corrected chi connectivity index (χ3v) is 5.39. The van der Waals surface area contributed by atoms with Gasteiger partial charge in [0, 0.05) is 16.0 Å². The summed E-state index contributed by atoms with van der Waals surface area (Å²) in [5, 5.41) is 0.810. The van der Waals surface area contributed by atoms with Gasteiger partial charge in [0.05, 0.1) is 0 Å². The van der Waals surface area contributed by atoms with Gasteiger partial charge in [-0.1, -0.05) is 36.4 Å². The zero-order valence-corrected chi connectivity index (χ0v) is 13.2. The van der Waals surface area contributed by atoms with Gasteiger partial charge in [-0.2, -0.15) is 0 Å². The summed E-state index contributed by atoms with van der Waals surface area (Å²) >= 11 is 1.60. The van der Waals surface area contributed by atoms with Crippen molar-refractivity contribution in [1.82, 2.24) is 0 Å². The Morgan fingerprint density at radius 3 is 2.50 bits per heavy atom. The second-order valence-electron chi connectivity index (χ2n) is 5.10. The minimum Gasteiger partial charge on any atom is -0.322 e. The van der Waals surface area contributed by atoms with Crippen molar-refractivity contribution in [3.05, 3.63) is 70.6 Å². The highest BCUT2D eigenvalue weighted by molar-refractivity contribution is 7.51. The summed E-state index contributed by atoms with van der Waals surface area (Å²) in [5.41, 5.74) is 1.21. The van der Waals surface area contributed by atoms with Crippen LogP contribution >= 0.6 is 18.9 Å². The monoisotopic (exact) mass is 336 g/mol. The summed E-state index contributed by atoms with van der Waals surface area (Å²) in [5.74, 6) is -2.27. The van der Waals surface area contributed by atoms with Crippen LogP contribution in [0.5, 0.6) is 0 Å². The lowest BCUT2D eigenvalue weighted by atomic mass is 10.1. The predicted molar refractivity (Wildman–Crippen MR) is 87.0 cm³/mol. The van der Waals surface area contributed by atoms with Crippen LogP contribution in [0, 0.1) is 0 Å². The van der Waals surface area contributed by atoms with Crippen LogP contribution in [-0.2, 0) is 11.0 Å². The molecule has 0 aliphatic heterocycles. The van der Waals surface area contributed by atoms with Crippen LogP contribution in [0.3, 0.4) is 0 Å². The molecule has 22 heavy (non-hydrogen) atoms. The fourth-order valence-electron chi connectivity index (χ4n) is 2.34. The molecule has 0 bridgehead atoms. The molecule has 114 valence electrons. The Hall–Kier alpha value is -1.52. The lowest BCUT2D eigenvalue weighted by Crippen LogP contribution is -1.92. The summed E-state index contributed by atoms with van der Waals surface area (Å²) in [6.07, 6.45) is 0.785. The zero-order valence-electron chi connectivity index (χ0n) is 11.5. The molecule has 3 rings (SSSR count). The number of halogens is 1. The number of hydrogen-bond donors (Lipinski definition) is 2. The van der Waals surface area contributed by atoms with Crippen LogP contribution in [0.1, 0.15) is 21.9 Å². The molecule has 0 spiro atoms. The van der Waals surface area contributed by atoms with Crippen molar-refractivity contribution in [3.63, 3.8) is 0 Å². The van der Waals surface area contributed by atoms with Crippen molar-refractivity contribution in [2.75, 3.05) is 0 Å². The van der Waals surface area contributed by atoms with E-state index in [9.17, 15) is 8.96 Å². The van der Waals surface area contributed by atoms with Crippen LogP contribution in [0.15, 0.2) is 54.6 Å². The van der Waals surface area contributed by atoms with Crippen molar-refractivity contribution in [2.24, 2.45) is 0 Å². The number of fused-ring (bicyclic) bond motifs is 1. The number of thiophene rings is 1. The topological polar surface area (TPSA) is 57.5 Å². The summed E-state index contributed by atoms with van der Waals surface area (Å²) in [4.78, 5) is 19.0. The van der Waals surface area contributed by atoms with Crippen molar-refractivity contribution < 1.29 is 18.7 Å². The van der Waals surface area contributed by atoms with E-state index in [-0.39, 0.29) is 5.56 Å². The summed E-state index contributed by atoms with van der Waals surface area (Å²) in [7, 11) is -4.77. The molecule has 1 atom stereocenters. The molecule has 0 unspecified atom stereocenters. The highest BCUT2D eigenvalue weighted by Crippen LogP contribution is 2.53. The largest absolute Gasteiger partial charge is 0.363 e. The van der Waals surface area contributed by atoms with Gasteiger partial charge in [-0.05, 0) is 34.7 Å². The van der Waals surface area contributed by atoms with Gasteiger partial charge in [0.2, 0.25) is 5.91 Å².